The van der Waals surface area contributed by atoms with Crippen molar-refractivity contribution in [1.29, 1.82) is 0 Å². The number of esters is 1. The molecule has 6 heteroatoms. The summed E-state index contributed by atoms with van der Waals surface area (Å²) in [7, 11) is -2.69. The van der Waals surface area contributed by atoms with Crippen molar-refractivity contribution in [3.8, 4) is 0 Å². The molecule has 3 atom stereocenters. The number of ether oxygens (including phenoxy) is 1. The summed E-state index contributed by atoms with van der Waals surface area (Å²) >= 11 is 0. The Bertz CT molecular complexity index is 1080. The smallest absolute Gasteiger partial charge is 0.305 e. The second-order valence-corrected chi connectivity index (χ2v) is 22.8. The van der Waals surface area contributed by atoms with Gasteiger partial charge in [-0.15, -0.1) is 0 Å². The van der Waals surface area contributed by atoms with Crippen LogP contribution in [0, 0.1) is 11.8 Å². The van der Waals surface area contributed by atoms with Crippen LogP contribution in [0.4, 0.5) is 0 Å². The van der Waals surface area contributed by atoms with Crippen molar-refractivity contribution >= 4 is 33.0 Å². The summed E-state index contributed by atoms with van der Waals surface area (Å²) in [6.45, 7) is 14.6. The Hall–Kier alpha value is -2.00. The van der Waals surface area contributed by atoms with Crippen LogP contribution in [0.2, 0.25) is 23.2 Å². The van der Waals surface area contributed by atoms with Gasteiger partial charge >= 0.3 is 5.97 Å². The van der Waals surface area contributed by atoms with Crippen molar-refractivity contribution in [1.82, 2.24) is 0 Å². The van der Waals surface area contributed by atoms with Crippen molar-refractivity contribution in [2.45, 2.75) is 122 Å². The molecule has 0 aliphatic heterocycles. The first-order valence-corrected chi connectivity index (χ1v) is 21.8. The number of hydrogen-bond acceptors (Lipinski definition) is 4. The number of benzene rings is 2. The van der Waals surface area contributed by atoms with Crippen LogP contribution in [0.5, 0.6) is 0 Å². The number of unbranched alkanes of at least 4 members (excludes halogenated alkanes) is 5. The van der Waals surface area contributed by atoms with Crippen LogP contribution in [-0.2, 0) is 18.4 Å². The molecule has 0 saturated heterocycles. The second-order valence-electron chi connectivity index (χ2n) is 13.7. The zero-order chi connectivity index (χ0) is 32.1. The van der Waals surface area contributed by atoms with E-state index in [0.29, 0.717) is 12.3 Å². The molecule has 244 valence electrons. The lowest BCUT2D eigenvalue weighted by molar-refractivity contribution is -0.142. The molecule has 0 amide bonds. The predicted octanol–water partition coefficient (Wildman–Crippen LogP) is 9.05. The molecule has 0 radical (unpaired) electrons. The summed E-state index contributed by atoms with van der Waals surface area (Å²) in [5.41, 5.74) is 0. The summed E-state index contributed by atoms with van der Waals surface area (Å²) in [4.78, 5) is 12.3. The summed E-state index contributed by atoms with van der Waals surface area (Å²) in [6.07, 6.45) is 13.4. The molecule has 0 spiro atoms. The van der Waals surface area contributed by atoms with Crippen molar-refractivity contribution in [2.75, 3.05) is 13.7 Å². The maximum atomic E-state index is 12.3. The highest BCUT2D eigenvalue weighted by atomic mass is 28.4. The van der Waals surface area contributed by atoms with Crippen LogP contribution in [0.1, 0.15) is 92.9 Å². The third-order valence-corrected chi connectivity index (χ3v) is 19.8. The third-order valence-electron chi connectivity index (χ3n) is 10.1. The summed E-state index contributed by atoms with van der Waals surface area (Å²) in [5, 5.41) is 2.72. The zero-order valence-electron chi connectivity index (χ0n) is 28.8. The second kappa shape index (κ2) is 17.6. The minimum atomic E-state index is -2.44. The molecular formula is C38H60O4Si2. The average Bonchev–Trinajstić information content (AvgIpc) is 3.40. The molecule has 0 unspecified atom stereocenters. The number of methoxy groups -OCH3 is 1. The monoisotopic (exact) mass is 636 g/mol. The summed E-state index contributed by atoms with van der Waals surface area (Å²) < 4.78 is 19.0. The van der Waals surface area contributed by atoms with E-state index in [9.17, 15) is 4.79 Å². The van der Waals surface area contributed by atoms with E-state index < -0.39 is 16.6 Å². The average molecular weight is 637 g/mol. The van der Waals surface area contributed by atoms with E-state index in [1.54, 1.807) is 0 Å². The van der Waals surface area contributed by atoms with Gasteiger partial charge in [-0.3, -0.25) is 4.79 Å². The van der Waals surface area contributed by atoms with Gasteiger partial charge in [-0.25, -0.2) is 0 Å². The fourth-order valence-electron chi connectivity index (χ4n) is 7.23. The Balaban J connectivity index is 1.48. The maximum Gasteiger partial charge on any atom is 0.305 e. The molecule has 44 heavy (non-hydrogen) atoms. The number of hydrogen-bond donors (Lipinski definition) is 0. The molecule has 2 aromatic rings. The molecule has 0 heterocycles. The van der Waals surface area contributed by atoms with Gasteiger partial charge in [0.05, 0.1) is 19.6 Å². The topological polar surface area (TPSA) is 44.8 Å². The summed E-state index contributed by atoms with van der Waals surface area (Å²) in [6, 6.07) is 25.3. The van der Waals surface area contributed by atoms with Crippen molar-refractivity contribution in [2.24, 2.45) is 11.8 Å². The molecular weight excluding hydrogens is 577 g/mol. The molecule has 0 fully saturated rings. The number of carbonyl (C=O) groups excluding carboxylic acids is 1. The molecule has 1 aliphatic carbocycles. The minimum Gasteiger partial charge on any atom is -0.469 e. The molecule has 1 aliphatic rings. The van der Waals surface area contributed by atoms with Gasteiger partial charge in [0.15, 0.2) is 8.32 Å². The van der Waals surface area contributed by atoms with Crippen LogP contribution in [0.15, 0.2) is 72.8 Å². The van der Waals surface area contributed by atoms with Gasteiger partial charge < -0.3 is 13.6 Å². The standard InChI is InChI=1S/C38H60O4Si2/c1-8-43(9-2,10-3)42-36-29-28-32(35(36)31-37(39)40-7)23-17-13-11-12-14-22-30-41-44(38(4,5)6,33-24-18-15-19-25-33)34-26-20-16-21-27-34/h15-16,18-21,24-29,32,35-36H,8-14,17,22-23,30-31H2,1-7H3/t32-,35-,36+/m0/s1. The van der Waals surface area contributed by atoms with Crippen molar-refractivity contribution < 1.29 is 18.4 Å². The Morgan fingerprint density at radius 1 is 0.750 bits per heavy atom. The van der Waals surface area contributed by atoms with Crippen LogP contribution in [0.25, 0.3) is 0 Å². The Morgan fingerprint density at radius 2 is 1.27 bits per heavy atom. The highest BCUT2D eigenvalue weighted by Gasteiger charge is 2.50. The highest BCUT2D eigenvalue weighted by molar-refractivity contribution is 6.99. The molecule has 0 bridgehead atoms. The van der Waals surface area contributed by atoms with Gasteiger partial charge in [0, 0.05) is 12.5 Å². The SMILES string of the molecule is CC[Si](CC)(CC)O[C@@H]1C=C[C@H](CCCCCCCCO[Si](c2ccccc2)(c2ccccc2)C(C)(C)C)[C@@H]1CC(=O)OC. The molecule has 0 saturated carbocycles. The normalized spacial score (nSPS) is 18.9. The Morgan fingerprint density at radius 3 is 1.77 bits per heavy atom. The lowest BCUT2D eigenvalue weighted by atomic mass is 9.87. The van der Waals surface area contributed by atoms with E-state index in [2.05, 4.69) is 114 Å². The van der Waals surface area contributed by atoms with Gasteiger partial charge in [0.25, 0.3) is 8.32 Å². The van der Waals surface area contributed by atoms with Gasteiger partial charge in [-0.05, 0) is 52.3 Å². The largest absolute Gasteiger partial charge is 0.469 e. The van der Waals surface area contributed by atoms with E-state index in [4.69, 9.17) is 13.6 Å². The fourth-order valence-corrected chi connectivity index (χ4v) is 14.7. The van der Waals surface area contributed by atoms with Crippen molar-refractivity contribution in [3.05, 3.63) is 72.8 Å². The van der Waals surface area contributed by atoms with Gasteiger partial charge in [0.1, 0.15) is 0 Å². The number of rotatable bonds is 19. The molecule has 2 aromatic carbocycles. The van der Waals surface area contributed by atoms with Gasteiger partial charge in [-0.1, -0.05) is 146 Å². The van der Waals surface area contributed by atoms with E-state index in [1.807, 2.05) is 0 Å². The zero-order valence-corrected chi connectivity index (χ0v) is 30.8. The van der Waals surface area contributed by atoms with Crippen LogP contribution >= 0.6 is 0 Å². The van der Waals surface area contributed by atoms with E-state index in [1.165, 1.54) is 49.6 Å². The van der Waals surface area contributed by atoms with Gasteiger partial charge in [-0.2, -0.15) is 0 Å². The van der Waals surface area contributed by atoms with E-state index >= 15 is 0 Å². The quantitative estimate of drug-likeness (QED) is 0.0668. The van der Waals surface area contributed by atoms with Crippen LogP contribution < -0.4 is 10.4 Å². The molecule has 0 aromatic heterocycles. The molecule has 4 nitrogen and oxygen atoms in total. The van der Waals surface area contributed by atoms with Crippen LogP contribution in [0.3, 0.4) is 0 Å². The number of allylic oxidation sites excluding steroid dienone is 1. The fraction of sp³-hybridized carbons (Fsp3) is 0.605. The Labute approximate surface area is 271 Å². The lowest BCUT2D eigenvalue weighted by Crippen LogP contribution is -2.66. The Kier molecular flexibility index (Phi) is 14.6. The summed E-state index contributed by atoms with van der Waals surface area (Å²) in [5.74, 6) is 0.489. The first-order valence-electron chi connectivity index (χ1n) is 17.3. The van der Waals surface area contributed by atoms with E-state index in [-0.39, 0.29) is 23.0 Å². The first-order chi connectivity index (χ1) is 21.2. The minimum absolute atomic E-state index is 0.0213. The highest BCUT2D eigenvalue weighted by Crippen LogP contribution is 2.39. The van der Waals surface area contributed by atoms with Crippen molar-refractivity contribution in [3.63, 3.8) is 0 Å². The molecule has 3 rings (SSSR count). The number of carbonyl (C=O) groups is 1. The third kappa shape index (κ3) is 9.27. The maximum absolute atomic E-state index is 12.3. The van der Waals surface area contributed by atoms with Gasteiger partial charge in [0.2, 0.25) is 0 Å². The van der Waals surface area contributed by atoms with E-state index in [0.717, 1.165) is 37.6 Å². The first kappa shape index (κ1) is 36.5. The van der Waals surface area contributed by atoms with Crippen LogP contribution in [-0.4, -0.2) is 42.4 Å². The predicted molar refractivity (Wildman–Crippen MR) is 191 cm³/mol. The molecule has 0 N–H and O–H groups in total. The lowest BCUT2D eigenvalue weighted by Gasteiger charge is -2.43.